The van der Waals surface area contributed by atoms with Crippen LogP contribution in [-0.4, -0.2) is 36.9 Å². The first kappa shape index (κ1) is 21.3. The maximum absolute atomic E-state index is 5.92. The van der Waals surface area contributed by atoms with Gasteiger partial charge in [0.2, 0.25) is 11.8 Å². The highest BCUT2D eigenvalue weighted by atomic mass is 16.5. The molecule has 1 heterocycles. The summed E-state index contributed by atoms with van der Waals surface area (Å²) in [7, 11) is 3.86. The number of nitrogens with one attached hydrogen (secondary N) is 1. The van der Waals surface area contributed by atoms with Crippen molar-refractivity contribution in [1.29, 1.82) is 0 Å². The van der Waals surface area contributed by atoms with Crippen molar-refractivity contribution in [3.05, 3.63) is 76.3 Å². The minimum absolute atomic E-state index is 0.395. The van der Waals surface area contributed by atoms with E-state index < -0.39 is 0 Å². The molecule has 0 saturated heterocycles. The molecule has 6 nitrogen and oxygen atoms in total. The van der Waals surface area contributed by atoms with Gasteiger partial charge in [0.1, 0.15) is 5.82 Å². The number of rotatable bonds is 8. The summed E-state index contributed by atoms with van der Waals surface area (Å²) in [5.74, 6) is 1.66. The van der Waals surface area contributed by atoms with Crippen LogP contribution in [0.5, 0.6) is 5.88 Å². The smallest absolute Gasteiger partial charge is 0.248 e. The molecule has 1 N–H and O–H groups in total. The van der Waals surface area contributed by atoms with Gasteiger partial charge in [-0.05, 0) is 43.0 Å². The van der Waals surface area contributed by atoms with Crippen molar-refractivity contribution < 1.29 is 4.74 Å². The number of anilines is 2. The Hall–Kier alpha value is -3.41. The van der Waals surface area contributed by atoms with Gasteiger partial charge in [0.25, 0.3) is 0 Å². The van der Waals surface area contributed by atoms with Crippen LogP contribution >= 0.6 is 0 Å². The molecule has 0 saturated carbocycles. The van der Waals surface area contributed by atoms with Crippen LogP contribution in [0.25, 0.3) is 0 Å². The summed E-state index contributed by atoms with van der Waals surface area (Å²) in [5, 5.41) is 4.27. The lowest BCUT2D eigenvalue weighted by Gasteiger charge is -2.14. The molecule has 3 rings (SSSR count). The van der Waals surface area contributed by atoms with Crippen LogP contribution < -0.4 is 15.1 Å². The monoisotopic (exact) mass is 403 g/mol. The molecule has 6 heteroatoms. The predicted molar refractivity (Wildman–Crippen MR) is 124 cm³/mol. The number of hydrogen-bond donors (Lipinski definition) is 1. The quantitative estimate of drug-likeness (QED) is 0.442. The minimum Gasteiger partial charge on any atom is -0.477 e. The first-order chi connectivity index (χ1) is 14.4. The van der Waals surface area contributed by atoms with Gasteiger partial charge >= 0.3 is 0 Å². The van der Waals surface area contributed by atoms with E-state index in [2.05, 4.69) is 71.6 Å². The highest BCUT2D eigenvalue weighted by molar-refractivity contribution is 5.80. The molecular weight excluding hydrogens is 374 g/mol. The van der Waals surface area contributed by atoms with E-state index in [1.54, 1.807) is 6.21 Å². The van der Waals surface area contributed by atoms with E-state index in [-0.39, 0.29) is 0 Å². The van der Waals surface area contributed by atoms with E-state index in [0.717, 1.165) is 17.8 Å². The topological polar surface area (TPSA) is 62.6 Å². The third-order valence-electron chi connectivity index (χ3n) is 4.78. The molecule has 0 aliphatic carbocycles. The highest BCUT2D eigenvalue weighted by Crippen LogP contribution is 2.19. The Morgan fingerprint density at radius 1 is 1.00 bits per heavy atom. The second-order valence-corrected chi connectivity index (χ2v) is 7.58. The van der Waals surface area contributed by atoms with Gasteiger partial charge in [-0.15, -0.1) is 0 Å². The molecule has 0 unspecified atom stereocenters. The summed E-state index contributed by atoms with van der Waals surface area (Å²) in [6.45, 7) is 6.84. The molecule has 0 bridgehead atoms. The van der Waals surface area contributed by atoms with Crippen molar-refractivity contribution in [2.24, 2.45) is 5.10 Å². The number of benzene rings is 2. The zero-order valence-electron chi connectivity index (χ0n) is 18.3. The van der Waals surface area contributed by atoms with Crippen LogP contribution in [0.2, 0.25) is 0 Å². The van der Waals surface area contributed by atoms with Crippen molar-refractivity contribution in [2.75, 3.05) is 31.0 Å². The summed E-state index contributed by atoms with van der Waals surface area (Å²) in [6.07, 6.45) is 2.57. The fourth-order valence-electron chi connectivity index (χ4n) is 2.91. The second-order valence-electron chi connectivity index (χ2n) is 7.58. The van der Waals surface area contributed by atoms with Crippen molar-refractivity contribution in [3.8, 4) is 5.88 Å². The molecule has 0 amide bonds. The summed E-state index contributed by atoms with van der Waals surface area (Å²) in [4.78, 5) is 10.8. The van der Waals surface area contributed by atoms with Crippen LogP contribution in [-0.2, 0) is 6.42 Å². The number of hydrogen-bond acceptors (Lipinski definition) is 6. The molecular formula is C24H29N5O. The van der Waals surface area contributed by atoms with Crippen LogP contribution in [0.15, 0.2) is 53.6 Å². The lowest BCUT2D eigenvalue weighted by Crippen LogP contribution is -2.13. The standard InChI is InChI=1S/C24H29N5O/c1-17-7-6-8-21(13-17)16-25-28-24-26-22(29(4)5)15-23(27-24)30-12-11-20-10-9-18(2)19(3)14-20/h6-10,13-16H,11-12H2,1-5H3,(H,26,27,28)/b25-16-. The average Bonchev–Trinajstić information content (AvgIpc) is 2.70. The Morgan fingerprint density at radius 2 is 1.83 bits per heavy atom. The molecule has 3 aromatic rings. The fraction of sp³-hybridized carbons (Fsp3) is 0.292. The molecule has 0 fully saturated rings. The van der Waals surface area contributed by atoms with Crippen molar-refractivity contribution in [2.45, 2.75) is 27.2 Å². The largest absolute Gasteiger partial charge is 0.477 e. The number of hydrazone groups is 1. The average molecular weight is 404 g/mol. The van der Waals surface area contributed by atoms with E-state index in [1.165, 1.54) is 22.3 Å². The molecule has 30 heavy (non-hydrogen) atoms. The third-order valence-corrected chi connectivity index (χ3v) is 4.78. The molecule has 156 valence electrons. The number of aromatic nitrogens is 2. The third kappa shape index (κ3) is 6.04. The SMILES string of the molecule is Cc1cccc(/C=N\Nc2nc(OCCc3ccc(C)c(C)c3)cc(N(C)C)n2)c1. The second kappa shape index (κ2) is 9.87. The molecule has 1 aromatic heterocycles. The molecule has 0 radical (unpaired) electrons. The molecule has 0 aliphatic heterocycles. The van der Waals surface area contributed by atoms with Gasteiger partial charge < -0.3 is 9.64 Å². The summed E-state index contributed by atoms with van der Waals surface area (Å²) in [5.41, 5.74) is 8.95. The lowest BCUT2D eigenvalue weighted by molar-refractivity contribution is 0.309. The number of nitrogens with zero attached hydrogens (tertiary/aromatic N) is 4. The van der Waals surface area contributed by atoms with Crippen LogP contribution in [0.4, 0.5) is 11.8 Å². The van der Waals surface area contributed by atoms with Crippen LogP contribution in [0, 0.1) is 20.8 Å². The zero-order chi connectivity index (χ0) is 21.5. The lowest BCUT2D eigenvalue weighted by atomic mass is 10.0. The van der Waals surface area contributed by atoms with Crippen LogP contribution in [0.1, 0.15) is 27.8 Å². The maximum Gasteiger partial charge on any atom is 0.248 e. The Labute approximate surface area is 178 Å². The van der Waals surface area contributed by atoms with Crippen LogP contribution in [0.3, 0.4) is 0 Å². The maximum atomic E-state index is 5.92. The zero-order valence-corrected chi connectivity index (χ0v) is 18.3. The number of ether oxygens (including phenoxy) is 1. The summed E-state index contributed by atoms with van der Waals surface area (Å²) in [6, 6.07) is 16.4. The predicted octanol–water partition coefficient (Wildman–Crippen LogP) is 4.54. The molecule has 0 spiro atoms. The minimum atomic E-state index is 0.395. The Morgan fingerprint density at radius 3 is 2.57 bits per heavy atom. The Bertz CT molecular complexity index is 1030. The molecule has 0 aliphatic rings. The van der Waals surface area contributed by atoms with Gasteiger partial charge in [-0.1, -0.05) is 48.0 Å². The molecule has 2 aromatic carbocycles. The van der Waals surface area contributed by atoms with E-state index in [4.69, 9.17) is 4.74 Å². The van der Waals surface area contributed by atoms with Gasteiger partial charge in [0, 0.05) is 26.6 Å². The van der Waals surface area contributed by atoms with Gasteiger partial charge in [0.15, 0.2) is 0 Å². The van der Waals surface area contributed by atoms with Crippen molar-refractivity contribution in [3.63, 3.8) is 0 Å². The van der Waals surface area contributed by atoms with Gasteiger partial charge in [0.05, 0.1) is 12.8 Å². The van der Waals surface area contributed by atoms with Gasteiger partial charge in [-0.2, -0.15) is 15.1 Å². The van der Waals surface area contributed by atoms with Gasteiger partial charge in [-0.25, -0.2) is 5.43 Å². The fourth-order valence-corrected chi connectivity index (χ4v) is 2.91. The van der Waals surface area contributed by atoms with E-state index >= 15 is 0 Å². The summed E-state index contributed by atoms with van der Waals surface area (Å²) >= 11 is 0. The highest BCUT2D eigenvalue weighted by Gasteiger charge is 2.07. The van der Waals surface area contributed by atoms with E-state index in [9.17, 15) is 0 Å². The van der Waals surface area contributed by atoms with E-state index in [0.29, 0.717) is 18.4 Å². The summed E-state index contributed by atoms with van der Waals surface area (Å²) < 4.78 is 5.92. The first-order valence-electron chi connectivity index (χ1n) is 10.0. The van der Waals surface area contributed by atoms with E-state index in [1.807, 2.05) is 37.2 Å². The normalized spacial score (nSPS) is 11.0. The molecule has 0 atom stereocenters. The Balaban J connectivity index is 1.66. The first-order valence-corrected chi connectivity index (χ1v) is 10.0. The van der Waals surface area contributed by atoms with Gasteiger partial charge in [-0.3, -0.25) is 0 Å². The van der Waals surface area contributed by atoms with Crippen molar-refractivity contribution >= 4 is 18.0 Å². The van der Waals surface area contributed by atoms with Crippen molar-refractivity contribution in [1.82, 2.24) is 9.97 Å². The Kier molecular flexibility index (Phi) is 7.01. The number of aryl methyl sites for hydroxylation is 3.